The van der Waals surface area contributed by atoms with Gasteiger partial charge in [-0.25, -0.2) is 0 Å². The number of halogens is 1. The molecule has 0 aromatic heterocycles. The van der Waals surface area contributed by atoms with E-state index in [1.807, 2.05) is 18.2 Å². The first-order chi connectivity index (χ1) is 11.6. The molecule has 0 aliphatic rings. The Hall–Kier alpha value is -2.45. The van der Waals surface area contributed by atoms with E-state index in [2.05, 4.69) is 27.2 Å². The summed E-state index contributed by atoms with van der Waals surface area (Å²) in [5, 5.41) is 2.89. The first-order valence-electron chi connectivity index (χ1n) is 7.35. The summed E-state index contributed by atoms with van der Waals surface area (Å²) in [6, 6.07) is 10.8. The second-order valence-corrected chi connectivity index (χ2v) is 5.85. The lowest BCUT2D eigenvalue weighted by Gasteiger charge is -2.12. The van der Waals surface area contributed by atoms with Gasteiger partial charge in [0.15, 0.2) is 11.5 Å². The van der Waals surface area contributed by atoms with E-state index < -0.39 is 0 Å². The summed E-state index contributed by atoms with van der Waals surface area (Å²) in [7, 11) is 3.18. The molecule has 0 fully saturated rings. The average molecular weight is 388 g/mol. The van der Waals surface area contributed by atoms with Gasteiger partial charge in [0.1, 0.15) is 0 Å². The number of hydrogen-bond acceptors (Lipinski definition) is 3. The molecule has 0 atom stereocenters. The molecule has 0 bridgehead atoms. The van der Waals surface area contributed by atoms with Gasteiger partial charge in [0.05, 0.1) is 19.8 Å². The van der Waals surface area contributed by atoms with Gasteiger partial charge in [-0.3, -0.25) is 4.79 Å². The van der Waals surface area contributed by atoms with Gasteiger partial charge in [0.2, 0.25) is 0 Å². The number of methoxy groups -OCH3 is 2. The van der Waals surface area contributed by atoms with Gasteiger partial charge >= 0.3 is 0 Å². The van der Waals surface area contributed by atoms with Crippen molar-refractivity contribution in [2.45, 2.75) is 6.42 Å². The summed E-state index contributed by atoms with van der Waals surface area (Å²) in [5.74, 6) is 3.65. The SMILES string of the molecule is C#Cc1ccccc1C(=O)NCCc1cc(OC)c(OC)cc1Br. The number of hydrogen-bond donors (Lipinski definition) is 1. The molecular formula is C19H18BrNO3. The molecule has 24 heavy (non-hydrogen) atoms. The van der Waals surface area contributed by atoms with E-state index in [0.717, 1.165) is 10.0 Å². The summed E-state index contributed by atoms with van der Waals surface area (Å²) >= 11 is 3.51. The Morgan fingerprint density at radius 2 is 1.88 bits per heavy atom. The Morgan fingerprint density at radius 1 is 1.21 bits per heavy atom. The Morgan fingerprint density at radius 3 is 2.54 bits per heavy atom. The molecule has 0 spiro atoms. The minimum absolute atomic E-state index is 0.180. The molecular weight excluding hydrogens is 370 g/mol. The van der Waals surface area contributed by atoms with Crippen LogP contribution in [0.2, 0.25) is 0 Å². The van der Waals surface area contributed by atoms with Crippen molar-refractivity contribution < 1.29 is 14.3 Å². The fourth-order valence-corrected chi connectivity index (χ4v) is 2.82. The Labute approximate surface area is 150 Å². The molecule has 4 nitrogen and oxygen atoms in total. The first-order valence-corrected chi connectivity index (χ1v) is 8.14. The van der Waals surface area contributed by atoms with Crippen LogP contribution < -0.4 is 14.8 Å². The number of carbonyl (C=O) groups is 1. The number of terminal acetylenes is 1. The number of benzene rings is 2. The van der Waals surface area contributed by atoms with E-state index in [-0.39, 0.29) is 5.91 Å². The fraction of sp³-hybridized carbons (Fsp3) is 0.211. The summed E-state index contributed by atoms with van der Waals surface area (Å²) in [4.78, 5) is 12.3. The Balaban J connectivity index is 2.04. The smallest absolute Gasteiger partial charge is 0.252 e. The van der Waals surface area contributed by atoms with Crippen molar-refractivity contribution >= 4 is 21.8 Å². The van der Waals surface area contributed by atoms with Crippen molar-refractivity contribution in [3.05, 3.63) is 57.6 Å². The van der Waals surface area contributed by atoms with E-state index in [9.17, 15) is 4.79 Å². The summed E-state index contributed by atoms with van der Waals surface area (Å²) in [6.45, 7) is 0.478. The predicted molar refractivity (Wildman–Crippen MR) is 97.7 cm³/mol. The van der Waals surface area contributed by atoms with Crippen LogP contribution in [0, 0.1) is 12.3 Å². The Kier molecular flexibility index (Phi) is 6.28. The van der Waals surface area contributed by atoms with Gasteiger partial charge in [-0.05, 0) is 36.2 Å². The van der Waals surface area contributed by atoms with Gasteiger partial charge in [-0.1, -0.05) is 34.0 Å². The molecule has 124 valence electrons. The standard InChI is InChI=1S/C19H18BrNO3/c1-4-13-7-5-6-8-15(13)19(22)21-10-9-14-11-17(23-2)18(24-3)12-16(14)20/h1,5-8,11-12H,9-10H2,2-3H3,(H,21,22). The topological polar surface area (TPSA) is 47.6 Å². The lowest BCUT2D eigenvalue weighted by atomic mass is 10.1. The minimum atomic E-state index is -0.180. The second-order valence-electron chi connectivity index (χ2n) is 4.99. The van der Waals surface area contributed by atoms with Crippen LogP contribution >= 0.6 is 15.9 Å². The van der Waals surface area contributed by atoms with Crippen molar-refractivity contribution in [3.8, 4) is 23.8 Å². The molecule has 1 amide bonds. The number of nitrogens with one attached hydrogen (secondary N) is 1. The predicted octanol–water partition coefficient (Wildman–Crippen LogP) is 3.42. The molecule has 0 heterocycles. The lowest BCUT2D eigenvalue weighted by Crippen LogP contribution is -2.26. The molecule has 5 heteroatoms. The number of rotatable bonds is 6. The maximum atomic E-state index is 12.3. The average Bonchev–Trinajstić information content (AvgIpc) is 2.62. The molecule has 0 saturated carbocycles. The third kappa shape index (κ3) is 4.09. The first kappa shape index (κ1) is 17.9. The number of carbonyl (C=O) groups excluding carboxylic acids is 1. The highest BCUT2D eigenvalue weighted by Crippen LogP contribution is 2.33. The molecule has 0 aliphatic carbocycles. The van der Waals surface area contributed by atoms with Crippen LogP contribution in [0.1, 0.15) is 21.5 Å². The van der Waals surface area contributed by atoms with E-state index in [4.69, 9.17) is 15.9 Å². The van der Waals surface area contributed by atoms with E-state index >= 15 is 0 Å². The van der Waals surface area contributed by atoms with Crippen LogP contribution in [0.4, 0.5) is 0 Å². The van der Waals surface area contributed by atoms with E-state index in [1.165, 1.54) is 0 Å². The van der Waals surface area contributed by atoms with Crippen molar-refractivity contribution in [1.29, 1.82) is 0 Å². The maximum Gasteiger partial charge on any atom is 0.252 e. The summed E-state index contributed by atoms with van der Waals surface area (Å²) in [6.07, 6.45) is 6.07. The molecule has 2 rings (SSSR count). The molecule has 0 saturated heterocycles. The van der Waals surface area contributed by atoms with Crippen LogP contribution in [-0.4, -0.2) is 26.7 Å². The zero-order valence-electron chi connectivity index (χ0n) is 13.6. The molecule has 2 aromatic rings. The quantitative estimate of drug-likeness (QED) is 0.772. The highest BCUT2D eigenvalue weighted by molar-refractivity contribution is 9.10. The summed E-state index contributed by atoms with van der Waals surface area (Å²) in [5.41, 5.74) is 2.10. The lowest BCUT2D eigenvalue weighted by molar-refractivity contribution is 0.0954. The molecule has 0 aliphatic heterocycles. The van der Waals surface area contributed by atoms with Crippen LogP contribution in [0.15, 0.2) is 40.9 Å². The monoisotopic (exact) mass is 387 g/mol. The van der Waals surface area contributed by atoms with Crippen molar-refractivity contribution in [1.82, 2.24) is 5.32 Å². The van der Waals surface area contributed by atoms with E-state index in [0.29, 0.717) is 35.6 Å². The van der Waals surface area contributed by atoms with Crippen molar-refractivity contribution in [2.24, 2.45) is 0 Å². The maximum absolute atomic E-state index is 12.3. The molecule has 1 N–H and O–H groups in total. The third-order valence-corrected chi connectivity index (χ3v) is 4.30. The highest BCUT2D eigenvalue weighted by Gasteiger charge is 2.12. The largest absolute Gasteiger partial charge is 0.493 e. The highest BCUT2D eigenvalue weighted by atomic mass is 79.9. The van der Waals surface area contributed by atoms with Gasteiger partial charge in [0, 0.05) is 16.6 Å². The fourth-order valence-electron chi connectivity index (χ4n) is 2.30. The molecule has 2 aromatic carbocycles. The van der Waals surface area contributed by atoms with Crippen molar-refractivity contribution in [2.75, 3.05) is 20.8 Å². The zero-order valence-corrected chi connectivity index (χ0v) is 15.1. The second kappa shape index (κ2) is 8.42. The zero-order chi connectivity index (χ0) is 17.5. The number of amides is 1. The van der Waals surface area contributed by atoms with Gasteiger partial charge in [0.25, 0.3) is 5.91 Å². The normalized spacial score (nSPS) is 9.92. The molecule has 0 unspecified atom stereocenters. The number of ether oxygens (including phenoxy) is 2. The van der Waals surface area contributed by atoms with Crippen LogP contribution in [-0.2, 0) is 6.42 Å². The van der Waals surface area contributed by atoms with Crippen LogP contribution in [0.3, 0.4) is 0 Å². The van der Waals surface area contributed by atoms with Gasteiger partial charge in [-0.2, -0.15) is 0 Å². The Bertz CT molecular complexity index is 781. The summed E-state index contributed by atoms with van der Waals surface area (Å²) < 4.78 is 11.5. The van der Waals surface area contributed by atoms with E-state index in [1.54, 1.807) is 32.4 Å². The van der Waals surface area contributed by atoms with Gasteiger partial charge in [-0.15, -0.1) is 6.42 Å². The molecule has 0 radical (unpaired) electrons. The third-order valence-electron chi connectivity index (χ3n) is 3.56. The minimum Gasteiger partial charge on any atom is -0.493 e. The van der Waals surface area contributed by atoms with Crippen LogP contribution in [0.25, 0.3) is 0 Å². The van der Waals surface area contributed by atoms with Crippen molar-refractivity contribution in [3.63, 3.8) is 0 Å². The van der Waals surface area contributed by atoms with Crippen LogP contribution in [0.5, 0.6) is 11.5 Å². The van der Waals surface area contributed by atoms with Gasteiger partial charge < -0.3 is 14.8 Å².